The average molecular weight is 499 g/mol. The van der Waals surface area contributed by atoms with Gasteiger partial charge in [0.05, 0.1) is 17.9 Å². The molecule has 8 nitrogen and oxygen atoms in total. The maximum atomic E-state index is 4.76. The summed E-state index contributed by atoms with van der Waals surface area (Å²) < 4.78 is 2.17. The maximum absolute atomic E-state index is 4.76. The van der Waals surface area contributed by atoms with E-state index in [2.05, 4.69) is 86.8 Å². The molecule has 0 bridgehead atoms. The lowest BCUT2D eigenvalue weighted by molar-refractivity contribution is 0.187. The van der Waals surface area contributed by atoms with Gasteiger partial charge in [0, 0.05) is 79.4 Å². The third-order valence-corrected chi connectivity index (χ3v) is 8.33. The predicted octanol–water partition coefficient (Wildman–Crippen LogP) is 4.51. The standard InChI is InChI=1S/C29H38N8/c1-5-35-8-6-24(7-9-35)37-19-23(17-31-37)26-18-30-29-25(26)16-27(32-33-29)22-14-20(2)28(21(3)15-22)36-12-10-34(4)11-13-36/h14-19,24H,5-13H2,1-4H3,(H,30,33). The summed E-state index contributed by atoms with van der Waals surface area (Å²) in [6.45, 7) is 14.5. The van der Waals surface area contributed by atoms with E-state index < -0.39 is 0 Å². The van der Waals surface area contributed by atoms with Crippen molar-refractivity contribution in [1.29, 1.82) is 0 Å². The fourth-order valence-corrected chi connectivity index (χ4v) is 6.11. The molecular weight excluding hydrogens is 460 g/mol. The van der Waals surface area contributed by atoms with Crippen molar-refractivity contribution in [3.63, 3.8) is 0 Å². The second-order valence-corrected chi connectivity index (χ2v) is 10.8. The molecule has 194 valence electrons. The highest BCUT2D eigenvalue weighted by Crippen LogP contribution is 2.34. The van der Waals surface area contributed by atoms with E-state index in [1.165, 1.54) is 16.8 Å². The van der Waals surface area contributed by atoms with E-state index in [1.807, 2.05) is 12.4 Å². The van der Waals surface area contributed by atoms with E-state index in [1.54, 1.807) is 0 Å². The molecule has 0 aliphatic carbocycles. The van der Waals surface area contributed by atoms with Crippen molar-refractivity contribution in [2.24, 2.45) is 0 Å². The molecule has 2 aliphatic heterocycles. The van der Waals surface area contributed by atoms with Crippen LogP contribution in [0, 0.1) is 13.8 Å². The van der Waals surface area contributed by atoms with Gasteiger partial charge in [-0.1, -0.05) is 6.92 Å². The molecule has 0 saturated carbocycles. The minimum atomic E-state index is 0.474. The van der Waals surface area contributed by atoms with Crippen molar-refractivity contribution >= 4 is 16.7 Å². The second-order valence-electron chi connectivity index (χ2n) is 10.8. The minimum Gasteiger partial charge on any atom is -0.369 e. The Balaban J connectivity index is 1.28. The van der Waals surface area contributed by atoms with Crippen molar-refractivity contribution in [3.8, 4) is 22.4 Å². The number of nitrogens with zero attached hydrogens (tertiary/aromatic N) is 7. The number of piperazine rings is 1. The predicted molar refractivity (Wildman–Crippen MR) is 150 cm³/mol. The largest absolute Gasteiger partial charge is 0.369 e. The summed E-state index contributed by atoms with van der Waals surface area (Å²) in [5.41, 5.74) is 9.05. The number of piperidine rings is 1. The van der Waals surface area contributed by atoms with Gasteiger partial charge in [0.15, 0.2) is 5.65 Å². The Labute approximate surface area is 219 Å². The molecule has 2 fully saturated rings. The molecule has 4 aromatic rings. The van der Waals surface area contributed by atoms with E-state index in [4.69, 9.17) is 5.10 Å². The Bertz CT molecular complexity index is 1360. The summed E-state index contributed by atoms with van der Waals surface area (Å²) in [7, 11) is 2.20. The van der Waals surface area contributed by atoms with Gasteiger partial charge in [-0.05, 0) is 69.6 Å². The number of aryl methyl sites for hydroxylation is 2. The van der Waals surface area contributed by atoms with E-state index >= 15 is 0 Å². The van der Waals surface area contributed by atoms with Crippen LogP contribution < -0.4 is 4.90 Å². The average Bonchev–Trinajstić information content (AvgIpc) is 3.56. The quantitative estimate of drug-likeness (QED) is 0.437. The van der Waals surface area contributed by atoms with E-state index in [0.29, 0.717) is 6.04 Å². The number of aromatic amines is 1. The number of hydrogen-bond donors (Lipinski definition) is 1. The Morgan fingerprint density at radius 3 is 2.35 bits per heavy atom. The van der Waals surface area contributed by atoms with Gasteiger partial charge in [-0.3, -0.25) is 4.68 Å². The lowest BCUT2D eigenvalue weighted by atomic mass is 9.99. The number of fused-ring (bicyclic) bond motifs is 1. The van der Waals surface area contributed by atoms with Gasteiger partial charge in [0.2, 0.25) is 0 Å². The normalized spacial score (nSPS) is 18.2. The lowest BCUT2D eigenvalue weighted by Gasteiger charge is -2.36. The van der Waals surface area contributed by atoms with Crippen molar-refractivity contribution < 1.29 is 0 Å². The number of benzene rings is 1. The highest BCUT2D eigenvalue weighted by atomic mass is 15.3. The monoisotopic (exact) mass is 498 g/mol. The minimum absolute atomic E-state index is 0.474. The number of likely N-dealkylation sites (N-methyl/N-ethyl adjacent to an activating group) is 1. The Kier molecular flexibility index (Phi) is 6.46. The summed E-state index contributed by atoms with van der Waals surface area (Å²) in [6, 6.07) is 7.18. The van der Waals surface area contributed by atoms with Crippen LogP contribution >= 0.6 is 0 Å². The zero-order valence-corrected chi connectivity index (χ0v) is 22.5. The summed E-state index contributed by atoms with van der Waals surface area (Å²) in [4.78, 5) is 10.8. The SMILES string of the molecule is CCN1CCC(n2cc(-c3c[nH]c4nnc(-c5cc(C)c(N6CCN(C)CC6)c(C)c5)cc34)cn2)CC1. The van der Waals surface area contributed by atoms with Crippen LogP contribution in [0.15, 0.2) is 36.8 Å². The van der Waals surface area contributed by atoms with E-state index in [0.717, 1.165) is 92.1 Å². The molecule has 2 saturated heterocycles. The first-order valence-corrected chi connectivity index (χ1v) is 13.7. The first-order chi connectivity index (χ1) is 18.0. The summed E-state index contributed by atoms with van der Waals surface area (Å²) in [5, 5.41) is 15.0. The van der Waals surface area contributed by atoms with Gasteiger partial charge in [0.25, 0.3) is 0 Å². The molecule has 1 aromatic carbocycles. The van der Waals surface area contributed by atoms with Crippen molar-refractivity contribution in [1.82, 2.24) is 34.8 Å². The maximum Gasteiger partial charge on any atom is 0.160 e. The Hall–Kier alpha value is -3.23. The third kappa shape index (κ3) is 4.64. The number of H-pyrrole nitrogens is 1. The van der Waals surface area contributed by atoms with Gasteiger partial charge in [0.1, 0.15) is 0 Å². The summed E-state index contributed by atoms with van der Waals surface area (Å²) >= 11 is 0. The Morgan fingerprint density at radius 2 is 1.65 bits per heavy atom. The second kappa shape index (κ2) is 9.91. The fourth-order valence-electron chi connectivity index (χ4n) is 6.11. The van der Waals surface area contributed by atoms with Crippen LogP contribution in [0.1, 0.15) is 36.9 Å². The van der Waals surface area contributed by atoms with Gasteiger partial charge in [-0.25, -0.2) is 0 Å². The molecule has 5 heterocycles. The van der Waals surface area contributed by atoms with E-state index in [9.17, 15) is 0 Å². The number of rotatable bonds is 5. The molecule has 0 radical (unpaired) electrons. The molecule has 3 aromatic heterocycles. The zero-order valence-electron chi connectivity index (χ0n) is 22.5. The van der Waals surface area contributed by atoms with E-state index in [-0.39, 0.29) is 0 Å². The number of nitrogens with one attached hydrogen (secondary N) is 1. The smallest absolute Gasteiger partial charge is 0.160 e. The van der Waals surface area contributed by atoms with Crippen LogP contribution in [0.4, 0.5) is 5.69 Å². The molecule has 1 N–H and O–H groups in total. The zero-order chi connectivity index (χ0) is 25.5. The molecule has 0 amide bonds. The van der Waals surface area contributed by atoms with Gasteiger partial charge < -0.3 is 19.7 Å². The van der Waals surface area contributed by atoms with Crippen LogP contribution in [0.25, 0.3) is 33.4 Å². The molecular formula is C29H38N8. The van der Waals surface area contributed by atoms with Crippen LogP contribution in [-0.4, -0.2) is 87.6 Å². The molecule has 8 heteroatoms. The lowest BCUT2D eigenvalue weighted by Crippen LogP contribution is -2.45. The molecule has 6 rings (SSSR count). The molecule has 37 heavy (non-hydrogen) atoms. The van der Waals surface area contributed by atoms with Crippen LogP contribution in [0.2, 0.25) is 0 Å². The first-order valence-electron chi connectivity index (χ1n) is 13.7. The topological polar surface area (TPSA) is 69.1 Å². The van der Waals surface area contributed by atoms with Crippen LogP contribution in [0.5, 0.6) is 0 Å². The van der Waals surface area contributed by atoms with Gasteiger partial charge in [-0.2, -0.15) is 5.10 Å². The van der Waals surface area contributed by atoms with Crippen molar-refractivity contribution in [2.45, 2.75) is 39.7 Å². The molecule has 0 atom stereocenters. The summed E-state index contributed by atoms with van der Waals surface area (Å²) in [5.74, 6) is 0. The van der Waals surface area contributed by atoms with Crippen LogP contribution in [-0.2, 0) is 0 Å². The molecule has 0 unspecified atom stereocenters. The third-order valence-electron chi connectivity index (χ3n) is 8.33. The number of likely N-dealkylation sites (tertiary alicyclic amines) is 1. The Morgan fingerprint density at radius 1 is 0.919 bits per heavy atom. The molecule has 2 aliphatic rings. The highest BCUT2D eigenvalue weighted by molar-refractivity contribution is 5.95. The fraction of sp³-hybridized carbons (Fsp3) is 0.483. The summed E-state index contributed by atoms with van der Waals surface area (Å²) in [6.07, 6.45) is 8.54. The number of hydrogen-bond acceptors (Lipinski definition) is 6. The van der Waals surface area contributed by atoms with Gasteiger partial charge in [-0.15, -0.1) is 10.2 Å². The van der Waals surface area contributed by atoms with Crippen molar-refractivity contribution in [2.75, 3.05) is 57.8 Å². The molecule has 0 spiro atoms. The van der Waals surface area contributed by atoms with Crippen molar-refractivity contribution in [3.05, 3.63) is 47.9 Å². The highest BCUT2D eigenvalue weighted by Gasteiger charge is 2.22. The number of aromatic nitrogens is 5. The first kappa shape index (κ1) is 24.1. The number of anilines is 1. The van der Waals surface area contributed by atoms with Crippen LogP contribution in [0.3, 0.4) is 0 Å². The van der Waals surface area contributed by atoms with Gasteiger partial charge >= 0.3 is 0 Å².